The van der Waals surface area contributed by atoms with E-state index in [1.807, 2.05) is 6.20 Å². The van der Waals surface area contributed by atoms with E-state index in [-0.39, 0.29) is 0 Å². The molecule has 1 saturated heterocycles. The number of nitrogens with zero attached hydrogens (tertiary/aromatic N) is 4. The molecule has 1 saturated carbocycles. The van der Waals surface area contributed by atoms with Gasteiger partial charge < -0.3 is 9.64 Å². The van der Waals surface area contributed by atoms with E-state index in [4.69, 9.17) is 4.74 Å². The molecule has 0 aromatic carbocycles. The van der Waals surface area contributed by atoms with Crippen molar-refractivity contribution in [3.05, 3.63) is 11.9 Å². The molecule has 0 bridgehead atoms. The summed E-state index contributed by atoms with van der Waals surface area (Å²) in [5.74, 6) is 0.946. The smallest absolute Gasteiger partial charge is 0.0929 e. The highest BCUT2D eigenvalue weighted by Gasteiger charge is 2.37. The van der Waals surface area contributed by atoms with Crippen LogP contribution < -0.4 is 0 Å². The molecule has 18 heavy (non-hydrogen) atoms. The second-order valence-corrected chi connectivity index (χ2v) is 5.93. The van der Waals surface area contributed by atoms with Gasteiger partial charge in [0.1, 0.15) is 0 Å². The van der Waals surface area contributed by atoms with Gasteiger partial charge in [-0.15, -0.1) is 5.10 Å². The lowest BCUT2D eigenvalue weighted by Gasteiger charge is -2.43. The first kappa shape index (κ1) is 10.9. The molecule has 4 rings (SSSR count). The van der Waals surface area contributed by atoms with Crippen molar-refractivity contribution in [2.75, 3.05) is 19.6 Å². The van der Waals surface area contributed by atoms with Crippen molar-refractivity contribution in [1.82, 2.24) is 19.9 Å². The lowest BCUT2D eigenvalue weighted by Crippen LogP contribution is -2.49. The first-order valence-electron chi connectivity index (χ1n) is 7.13. The van der Waals surface area contributed by atoms with Gasteiger partial charge in [0, 0.05) is 19.6 Å². The van der Waals surface area contributed by atoms with Crippen molar-refractivity contribution in [3.63, 3.8) is 0 Å². The van der Waals surface area contributed by atoms with E-state index < -0.39 is 0 Å². The van der Waals surface area contributed by atoms with Crippen molar-refractivity contribution in [3.8, 4) is 0 Å². The maximum absolute atomic E-state index is 5.93. The van der Waals surface area contributed by atoms with Gasteiger partial charge >= 0.3 is 0 Å². The Morgan fingerprint density at radius 1 is 1.33 bits per heavy atom. The van der Waals surface area contributed by atoms with Crippen LogP contribution in [0.3, 0.4) is 0 Å². The van der Waals surface area contributed by atoms with Crippen LogP contribution >= 0.6 is 0 Å². The summed E-state index contributed by atoms with van der Waals surface area (Å²) >= 11 is 0. The number of rotatable bonds is 2. The van der Waals surface area contributed by atoms with Crippen LogP contribution in [-0.4, -0.2) is 45.6 Å². The second kappa shape index (κ2) is 4.31. The fourth-order valence-electron chi connectivity index (χ4n) is 3.45. The summed E-state index contributed by atoms with van der Waals surface area (Å²) in [7, 11) is 0. The van der Waals surface area contributed by atoms with Gasteiger partial charge in [-0.1, -0.05) is 11.6 Å². The molecule has 3 aliphatic rings. The monoisotopic (exact) mass is 248 g/mol. The molecule has 1 aliphatic carbocycles. The second-order valence-electron chi connectivity index (χ2n) is 5.93. The zero-order valence-electron chi connectivity index (χ0n) is 10.7. The predicted octanol–water partition coefficient (Wildman–Crippen LogP) is 1.22. The van der Waals surface area contributed by atoms with Gasteiger partial charge in [0.25, 0.3) is 0 Å². The Morgan fingerprint density at radius 2 is 2.28 bits per heavy atom. The van der Waals surface area contributed by atoms with Gasteiger partial charge in [-0.25, -0.2) is 4.68 Å². The first-order valence-corrected chi connectivity index (χ1v) is 7.13. The van der Waals surface area contributed by atoms with Crippen molar-refractivity contribution in [2.24, 2.45) is 5.92 Å². The fourth-order valence-corrected chi connectivity index (χ4v) is 3.45. The Kier molecular flexibility index (Phi) is 2.62. The minimum Gasteiger partial charge on any atom is -0.370 e. The van der Waals surface area contributed by atoms with Crippen LogP contribution in [0.2, 0.25) is 0 Å². The maximum atomic E-state index is 5.93. The van der Waals surface area contributed by atoms with Crippen LogP contribution in [0.15, 0.2) is 6.20 Å². The quantitative estimate of drug-likeness (QED) is 0.789. The Labute approximate surface area is 107 Å². The van der Waals surface area contributed by atoms with E-state index in [2.05, 4.69) is 19.9 Å². The van der Waals surface area contributed by atoms with Crippen molar-refractivity contribution in [1.29, 1.82) is 0 Å². The largest absolute Gasteiger partial charge is 0.370 e. The van der Waals surface area contributed by atoms with E-state index in [9.17, 15) is 0 Å². The van der Waals surface area contributed by atoms with E-state index in [1.165, 1.54) is 32.4 Å². The van der Waals surface area contributed by atoms with Crippen molar-refractivity contribution >= 4 is 0 Å². The van der Waals surface area contributed by atoms with Crippen LogP contribution in [0.5, 0.6) is 0 Å². The van der Waals surface area contributed by atoms with Crippen molar-refractivity contribution < 1.29 is 4.74 Å². The van der Waals surface area contributed by atoms with Crippen LogP contribution in [-0.2, 0) is 11.3 Å². The Morgan fingerprint density at radius 3 is 3.11 bits per heavy atom. The number of likely N-dealkylation sites (tertiary alicyclic amines) is 1. The Bertz CT molecular complexity index is 428. The maximum Gasteiger partial charge on any atom is 0.0929 e. The van der Waals surface area contributed by atoms with Crippen LogP contribution in [0, 0.1) is 5.92 Å². The normalized spacial score (nSPS) is 32.7. The number of hydrogen-bond acceptors (Lipinski definition) is 4. The van der Waals surface area contributed by atoms with E-state index in [0.717, 1.165) is 24.6 Å². The molecule has 98 valence electrons. The van der Waals surface area contributed by atoms with Crippen molar-refractivity contribution in [2.45, 2.75) is 44.4 Å². The van der Waals surface area contributed by atoms with Gasteiger partial charge in [-0.3, -0.25) is 0 Å². The summed E-state index contributed by atoms with van der Waals surface area (Å²) < 4.78 is 8.03. The standard InChI is InChI=1S/C13H20N4O/c1-2-10(3-1)7-16-5-4-13-12(8-16)17-11(9-18-13)6-14-15-17/h6,10,12-13H,1-5,7-9H2/t12-,13-/m0/s1. The fraction of sp³-hybridized carbons (Fsp3) is 0.846. The molecule has 2 aliphatic heterocycles. The summed E-state index contributed by atoms with van der Waals surface area (Å²) in [5, 5.41) is 8.27. The third kappa shape index (κ3) is 1.77. The lowest BCUT2D eigenvalue weighted by molar-refractivity contribution is -0.0689. The highest BCUT2D eigenvalue weighted by molar-refractivity contribution is 5.01. The van der Waals surface area contributed by atoms with Crippen LogP contribution in [0.25, 0.3) is 0 Å². The molecule has 0 spiro atoms. The average Bonchev–Trinajstić information content (AvgIpc) is 2.82. The molecule has 2 fully saturated rings. The molecule has 0 radical (unpaired) electrons. The molecular formula is C13H20N4O. The summed E-state index contributed by atoms with van der Waals surface area (Å²) in [6.07, 6.45) is 7.60. The third-order valence-corrected chi connectivity index (χ3v) is 4.75. The summed E-state index contributed by atoms with van der Waals surface area (Å²) in [5.41, 5.74) is 1.13. The molecule has 0 N–H and O–H groups in total. The molecular weight excluding hydrogens is 228 g/mol. The summed E-state index contributed by atoms with van der Waals surface area (Å²) in [6, 6.07) is 0.380. The van der Waals surface area contributed by atoms with Gasteiger partial charge in [0.15, 0.2) is 0 Å². The molecule has 1 aromatic rings. The third-order valence-electron chi connectivity index (χ3n) is 4.75. The summed E-state index contributed by atoms with van der Waals surface area (Å²) in [6.45, 7) is 4.21. The van der Waals surface area contributed by atoms with E-state index in [0.29, 0.717) is 18.8 Å². The van der Waals surface area contributed by atoms with Gasteiger partial charge in [0.2, 0.25) is 0 Å². The molecule has 1 aromatic heterocycles. The molecule has 0 unspecified atom stereocenters. The molecule has 2 atom stereocenters. The molecule has 3 heterocycles. The highest BCUT2D eigenvalue weighted by Crippen LogP contribution is 2.33. The Hall–Kier alpha value is -0.940. The number of piperidine rings is 1. The van der Waals surface area contributed by atoms with E-state index in [1.54, 1.807) is 0 Å². The highest BCUT2D eigenvalue weighted by atomic mass is 16.5. The number of ether oxygens (including phenoxy) is 1. The topological polar surface area (TPSA) is 43.2 Å². The zero-order chi connectivity index (χ0) is 11.9. The van der Waals surface area contributed by atoms with E-state index >= 15 is 0 Å². The van der Waals surface area contributed by atoms with Gasteiger partial charge in [-0.2, -0.15) is 0 Å². The predicted molar refractivity (Wildman–Crippen MR) is 66.0 cm³/mol. The SMILES string of the molecule is c1nnn2c1CO[C@H]1CCN(CC3CCC3)C[C@@H]12. The first-order chi connectivity index (χ1) is 8.90. The Balaban J connectivity index is 1.49. The average molecular weight is 248 g/mol. The zero-order valence-corrected chi connectivity index (χ0v) is 10.7. The van der Waals surface area contributed by atoms with Crippen LogP contribution in [0.1, 0.15) is 37.4 Å². The van der Waals surface area contributed by atoms with Crippen LogP contribution in [0.4, 0.5) is 0 Å². The van der Waals surface area contributed by atoms with Gasteiger partial charge in [0.05, 0.1) is 30.6 Å². The lowest BCUT2D eigenvalue weighted by atomic mass is 9.84. The molecule has 5 heteroatoms. The number of hydrogen-bond donors (Lipinski definition) is 0. The number of aromatic nitrogens is 3. The van der Waals surface area contributed by atoms with Gasteiger partial charge in [-0.05, 0) is 25.2 Å². The minimum absolute atomic E-state index is 0.344. The molecule has 5 nitrogen and oxygen atoms in total. The minimum atomic E-state index is 0.344. The molecule has 0 amide bonds. The summed E-state index contributed by atoms with van der Waals surface area (Å²) in [4.78, 5) is 2.60. The number of fused-ring (bicyclic) bond motifs is 3.